The number of esters is 2. The van der Waals surface area contributed by atoms with Crippen molar-refractivity contribution in [1.82, 2.24) is 10.2 Å². The number of hydrogen-bond donors (Lipinski definition) is 1. The molecular formula is C23H34N2O5S. The molecule has 0 spiro atoms. The van der Waals surface area contributed by atoms with Gasteiger partial charge < -0.3 is 14.4 Å². The van der Waals surface area contributed by atoms with Crippen molar-refractivity contribution in [3.63, 3.8) is 0 Å². The minimum Gasteiger partial charge on any atom is -0.465 e. The molecule has 0 radical (unpaired) electrons. The molecule has 1 amide bonds. The van der Waals surface area contributed by atoms with E-state index < -0.39 is 18.1 Å². The molecule has 0 bridgehead atoms. The van der Waals surface area contributed by atoms with Crippen LogP contribution in [0.2, 0.25) is 0 Å². The second-order valence-corrected chi connectivity index (χ2v) is 9.01. The summed E-state index contributed by atoms with van der Waals surface area (Å²) in [5, 5.41) is 3.10. The number of hydrogen-bond acceptors (Lipinski definition) is 7. The van der Waals surface area contributed by atoms with Crippen LogP contribution in [0.1, 0.15) is 39.7 Å². The van der Waals surface area contributed by atoms with Gasteiger partial charge in [0, 0.05) is 17.5 Å². The molecule has 4 unspecified atom stereocenters. The Kier molecular flexibility index (Phi) is 10.3. The maximum Gasteiger partial charge on any atom is 0.329 e. The quantitative estimate of drug-likeness (QED) is 0.548. The smallest absolute Gasteiger partial charge is 0.329 e. The van der Waals surface area contributed by atoms with Crippen LogP contribution in [0, 0.1) is 0 Å². The van der Waals surface area contributed by atoms with Crippen LogP contribution in [-0.4, -0.2) is 71.6 Å². The summed E-state index contributed by atoms with van der Waals surface area (Å²) >= 11 is 1.66. The highest BCUT2D eigenvalue weighted by molar-refractivity contribution is 8.00. The first-order valence-electron chi connectivity index (χ1n) is 10.9. The van der Waals surface area contributed by atoms with Crippen molar-refractivity contribution in [2.75, 3.05) is 25.5 Å². The third-order valence-corrected chi connectivity index (χ3v) is 6.46. The van der Waals surface area contributed by atoms with Gasteiger partial charge in [0.25, 0.3) is 0 Å². The van der Waals surface area contributed by atoms with E-state index in [1.54, 1.807) is 37.4 Å². The predicted molar refractivity (Wildman–Crippen MR) is 122 cm³/mol. The zero-order valence-corrected chi connectivity index (χ0v) is 19.7. The third-order valence-electron chi connectivity index (χ3n) is 5.26. The van der Waals surface area contributed by atoms with Crippen molar-refractivity contribution in [3.05, 3.63) is 35.9 Å². The van der Waals surface area contributed by atoms with Gasteiger partial charge in [0.2, 0.25) is 5.91 Å². The zero-order valence-electron chi connectivity index (χ0n) is 18.8. The van der Waals surface area contributed by atoms with E-state index in [0.717, 1.165) is 11.3 Å². The van der Waals surface area contributed by atoms with Crippen LogP contribution in [0.4, 0.5) is 0 Å². The summed E-state index contributed by atoms with van der Waals surface area (Å²) in [4.78, 5) is 39.9. The second kappa shape index (κ2) is 12.7. The standard InChI is InChI=1S/C23H34N2O5S/c1-5-29-22(27)19(13-12-18-10-8-7-9-11-18)24-16(3)21(26)25-14-15-31-17(4)20(25)23(28)30-6-2/h7-11,16-17,19-20,24H,5-6,12-15H2,1-4H3. The van der Waals surface area contributed by atoms with Gasteiger partial charge in [-0.25, -0.2) is 4.79 Å². The van der Waals surface area contributed by atoms with Gasteiger partial charge in [-0.2, -0.15) is 11.8 Å². The summed E-state index contributed by atoms with van der Waals surface area (Å²) in [6.07, 6.45) is 1.19. The number of thioether (sulfide) groups is 1. The molecule has 1 fully saturated rings. The van der Waals surface area contributed by atoms with Crippen LogP contribution in [0.3, 0.4) is 0 Å². The van der Waals surface area contributed by atoms with Crippen LogP contribution in [0.5, 0.6) is 0 Å². The summed E-state index contributed by atoms with van der Waals surface area (Å²) in [6, 6.07) is 8.00. The topological polar surface area (TPSA) is 84.9 Å². The van der Waals surface area contributed by atoms with Gasteiger partial charge in [-0.05, 0) is 39.2 Å². The lowest BCUT2D eigenvalue weighted by Crippen LogP contribution is -2.59. The second-order valence-electron chi connectivity index (χ2n) is 7.52. The summed E-state index contributed by atoms with van der Waals surface area (Å²) in [6.45, 7) is 8.20. The number of amides is 1. The molecular weight excluding hydrogens is 416 g/mol. The molecule has 31 heavy (non-hydrogen) atoms. The summed E-state index contributed by atoms with van der Waals surface area (Å²) < 4.78 is 10.4. The van der Waals surface area contributed by atoms with Crippen molar-refractivity contribution in [1.29, 1.82) is 0 Å². The lowest BCUT2D eigenvalue weighted by atomic mass is 10.0. The predicted octanol–water partition coefficient (Wildman–Crippen LogP) is 2.42. The van der Waals surface area contributed by atoms with Gasteiger partial charge in [-0.1, -0.05) is 37.3 Å². The van der Waals surface area contributed by atoms with Crippen molar-refractivity contribution in [2.45, 2.75) is 63.9 Å². The van der Waals surface area contributed by atoms with E-state index >= 15 is 0 Å². The van der Waals surface area contributed by atoms with Crippen LogP contribution in [-0.2, 0) is 30.3 Å². The van der Waals surface area contributed by atoms with E-state index in [9.17, 15) is 14.4 Å². The fourth-order valence-corrected chi connectivity index (χ4v) is 4.82. The molecule has 1 heterocycles. The Morgan fingerprint density at radius 2 is 1.84 bits per heavy atom. The molecule has 1 N–H and O–H groups in total. The Hall–Kier alpha value is -2.06. The van der Waals surface area contributed by atoms with E-state index in [0.29, 0.717) is 19.4 Å². The fraction of sp³-hybridized carbons (Fsp3) is 0.609. The third kappa shape index (κ3) is 7.25. The Labute approximate surface area is 189 Å². The number of rotatable bonds is 10. The highest BCUT2D eigenvalue weighted by atomic mass is 32.2. The molecule has 1 saturated heterocycles. The number of aryl methyl sites for hydroxylation is 1. The minimum absolute atomic E-state index is 0.0529. The van der Waals surface area contributed by atoms with Gasteiger partial charge in [-0.15, -0.1) is 0 Å². The van der Waals surface area contributed by atoms with Crippen LogP contribution >= 0.6 is 11.8 Å². The van der Waals surface area contributed by atoms with E-state index in [4.69, 9.17) is 9.47 Å². The molecule has 0 aromatic heterocycles. The van der Waals surface area contributed by atoms with Gasteiger partial charge in [0.1, 0.15) is 12.1 Å². The summed E-state index contributed by atoms with van der Waals surface area (Å²) in [7, 11) is 0. The first-order chi connectivity index (χ1) is 14.9. The molecule has 172 valence electrons. The molecule has 0 aliphatic carbocycles. The SMILES string of the molecule is CCOC(=O)C(CCc1ccccc1)NC(C)C(=O)N1CCSC(C)C1C(=O)OCC. The summed E-state index contributed by atoms with van der Waals surface area (Å²) in [5.41, 5.74) is 1.11. The fourth-order valence-electron chi connectivity index (χ4n) is 3.70. The molecule has 1 aromatic carbocycles. The summed E-state index contributed by atoms with van der Waals surface area (Å²) in [5.74, 6) is -0.208. The first-order valence-corrected chi connectivity index (χ1v) is 12.0. The number of nitrogens with zero attached hydrogens (tertiary/aromatic N) is 1. The van der Waals surface area contributed by atoms with E-state index in [2.05, 4.69) is 5.32 Å². The van der Waals surface area contributed by atoms with Gasteiger partial charge >= 0.3 is 11.9 Å². The highest BCUT2D eigenvalue weighted by Gasteiger charge is 2.40. The molecule has 1 aliphatic rings. The molecule has 2 rings (SSSR count). The molecule has 1 aliphatic heterocycles. The van der Waals surface area contributed by atoms with Crippen molar-refractivity contribution >= 4 is 29.6 Å². The molecule has 0 saturated carbocycles. The van der Waals surface area contributed by atoms with Crippen LogP contribution < -0.4 is 5.32 Å². The van der Waals surface area contributed by atoms with E-state index in [1.807, 2.05) is 37.3 Å². The maximum absolute atomic E-state index is 13.2. The number of nitrogens with one attached hydrogen (secondary N) is 1. The normalized spacial score (nSPS) is 20.6. The Morgan fingerprint density at radius 3 is 2.48 bits per heavy atom. The van der Waals surface area contributed by atoms with Crippen molar-refractivity contribution in [3.8, 4) is 0 Å². The Morgan fingerprint density at radius 1 is 1.16 bits per heavy atom. The minimum atomic E-state index is -0.641. The number of benzene rings is 1. The average molecular weight is 451 g/mol. The van der Waals surface area contributed by atoms with Crippen LogP contribution in [0.15, 0.2) is 30.3 Å². The number of carbonyl (C=O) groups is 3. The number of ether oxygens (including phenoxy) is 2. The van der Waals surface area contributed by atoms with E-state index in [-0.39, 0.29) is 36.3 Å². The van der Waals surface area contributed by atoms with Crippen molar-refractivity contribution < 1.29 is 23.9 Å². The molecule has 8 heteroatoms. The average Bonchev–Trinajstić information content (AvgIpc) is 2.76. The Balaban J connectivity index is 2.08. The molecule has 7 nitrogen and oxygen atoms in total. The van der Waals surface area contributed by atoms with Gasteiger partial charge in [0.15, 0.2) is 0 Å². The lowest BCUT2D eigenvalue weighted by Gasteiger charge is -2.39. The lowest BCUT2D eigenvalue weighted by molar-refractivity contribution is -0.156. The zero-order chi connectivity index (χ0) is 22.8. The first kappa shape index (κ1) is 25.2. The molecule has 1 aromatic rings. The van der Waals surface area contributed by atoms with Crippen LogP contribution in [0.25, 0.3) is 0 Å². The largest absolute Gasteiger partial charge is 0.465 e. The van der Waals surface area contributed by atoms with Gasteiger partial charge in [0.05, 0.1) is 19.3 Å². The van der Waals surface area contributed by atoms with Crippen molar-refractivity contribution in [2.24, 2.45) is 0 Å². The monoisotopic (exact) mass is 450 g/mol. The number of carbonyl (C=O) groups excluding carboxylic acids is 3. The Bertz CT molecular complexity index is 730. The molecule has 4 atom stereocenters. The highest BCUT2D eigenvalue weighted by Crippen LogP contribution is 2.26. The van der Waals surface area contributed by atoms with E-state index in [1.165, 1.54) is 0 Å². The maximum atomic E-state index is 13.2. The van der Waals surface area contributed by atoms with Gasteiger partial charge in [-0.3, -0.25) is 14.9 Å².